The first-order valence-electron chi connectivity index (χ1n) is 10.5. The average Bonchev–Trinajstić information content (AvgIpc) is 3.19. The molecule has 2 heterocycles. The van der Waals surface area contributed by atoms with Gasteiger partial charge in [-0.25, -0.2) is 0 Å². The van der Waals surface area contributed by atoms with Crippen molar-refractivity contribution in [1.82, 2.24) is 10.2 Å². The van der Waals surface area contributed by atoms with Crippen molar-refractivity contribution in [2.75, 3.05) is 25.9 Å². The van der Waals surface area contributed by atoms with Crippen LogP contribution in [0.4, 0.5) is 0 Å². The Hall–Kier alpha value is -2.47. The number of nitrogens with zero attached hydrogens (tertiary/aromatic N) is 1. The van der Waals surface area contributed by atoms with Crippen LogP contribution < -0.4 is 10.1 Å². The van der Waals surface area contributed by atoms with Crippen LogP contribution in [0.5, 0.6) is 5.75 Å². The Labute approximate surface area is 182 Å². The van der Waals surface area contributed by atoms with Gasteiger partial charge in [0.2, 0.25) is 11.8 Å². The number of thioether (sulfide) groups is 1. The molecule has 0 bridgehead atoms. The lowest BCUT2D eigenvalue weighted by Gasteiger charge is -2.30. The van der Waals surface area contributed by atoms with Gasteiger partial charge in [0.05, 0.1) is 6.54 Å². The number of carbonyl (C=O) groups is 2. The Morgan fingerprint density at radius 3 is 2.47 bits per heavy atom. The van der Waals surface area contributed by atoms with Crippen molar-refractivity contribution < 1.29 is 14.3 Å². The van der Waals surface area contributed by atoms with Gasteiger partial charge in [0.25, 0.3) is 0 Å². The summed E-state index contributed by atoms with van der Waals surface area (Å²) in [7, 11) is 0. The Bertz CT molecular complexity index is 921. The lowest BCUT2D eigenvalue weighted by atomic mass is 9.95. The van der Waals surface area contributed by atoms with Gasteiger partial charge in [-0.05, 0) is 60.1 Å². The van der Waals surface area contributed by atoms with Crippen LogP contribution >= 0.6 is 11.8 Å². The Morgan fingerprint density at radius 2 is 1.80 bits per heavy atom. The number of benzene rings is 2. The largest absolute Gasteiger partial charge is 0.488 e. The van der Waals surface area contributed by atoms with Gasteiger partial charge in [0.15, 0.2) is 0 Å². The minimum atomic E-state index is -0.0321. The highest BCUT2D eigenvalue weighted by Crippen LogP contribution is 2.33. The predicted molar refractivity (Wildman–Crippen MR) is 120 cm³/mol. The molecule has 0 saturated carbocycles. The Balaban J connectivity index is 1.30. The molecule has 0 aromatic heterocycles. The third kappa shape index (κ3) is 4.64. The quantitative estimate of drug-likeness (QED) is 0.743. The molecule has 1 N–H and O–H groups in total. The molecule has 5 nitrogen and oxygen atoms in total. The molecule has 1 unspecified atom stereocenters. The molecule has 30 heavy (non-hydrogen) atoms. The Morgan fingerprint density at radius 1 is 1.10 bits per heavy atom. The van der Waals surface area contributed by atoms with E-state index in [2.05, 4.69) is 48.0 Å². The van der Waals surface area contributed by atoms with Crippen LogP contribution in [-0.4, -0.2) is 48.7 Å². The van der Waals surface area contributed by atoms with Crippen LogP contribution in [0.1, 0.15) is 25.3 Å². The highest BCUT2D eigenvalue weighted by Gasteiger charge is 2.28. The molecule has 2 aromatic rings. The zero-order valence-corrected chi connectivity index (χ0v) is 18.3. The molecule has 6 heteroatoms. The molecular weight excluding hydrogens is 396 g/mol. The first-order valence-corrected chi connectivity index (χ1v) is 11.7. The van der Waals surface area contributed by atoms with Gasteiger partial charge in [-0.15, -0.1) is 11.8 Å². The smallest absolute Gasteiger partial charge is 0.223 e. The van der Waals surface area contributed by atoms with Crippen LogP contribution in [0, 0.1) is 5.92 Å². The van der Waals surface area contributed by atoms with Crippen molar-refractivity contribution in [2.24, 2.45) is 5.92 Å². The van der Waals surface area contributed by atoms with Crippen LogP contribution in [0.3, 0.4) is 0 Å². The summed E-state index contributed by atoms with van der Waals surface area (Å²) in [5.74, 6) is 1.06. The van der Waals surface area contributed by atoms with Gasteiger partial charge in [-0.2, -0.15) is 0 Å². The maximum atomic E-state index is 12.5. The number of ether oxygens (including phenoxy) is 1. The van der Waals surface area contributed by atoms with Crippen molar-refractivity contribution in [3.63, 3.8) is 0 Å². The van der Waals surface area contributed by atoms with E-state index in [9.17, 15) is 9.59 Å². The van der Waals surface area contributed by atoms with Crippen molar-refractivity contribution in [1.29, 1.82) is 0 Å². The second-order valence-corrected chi connectivity index (χ2v) is 8.90. The van der Waals surface area contributed by atoms with E-state index in [1.807, 2.05) is 11.0 Å². The summed E-state index contributed by atoms with van der Waals surface area (Å²) in [6.07, 6.45) is 4.31. The predicted octanol–water partition coefficient (Wildman–Crippen LogP) is 3.75. The SMILES string of the molecule is CSc1ccc(-c2ccc3c(c2)CC(CNC(=O)C2CCN(C(C)=O)CC2)O3)cc1. The van der Waals surface area contributed by atoms with E-state index in [1.165, 1.54) is 21.6 Å². The molecular formula is C24H28N2O3S. The summed E-state index contributed by atoms with van der Waals surface area (Å²) in [6, 6.07) is 14.9. The molecule has 1 saturated heterocycles. The summed E-state index contributed by atoms with van der Waals surface area (Å²) >= 11 is 1.74. The van der Waals surface area contributed by atoms with Crippen molar-refractivity contribution in [3.8, 4) is 16.9 Å². The molecule has 2 aromatic carbocycles. The maximum Gasteiger partial charge on any atom is 0.223 e. The summed E-state index contributed by atoms with van der Waals surface area (Å²) in [5.41, 5.74) is 3.58. The minimum absolute atomic E-state index is 0.0137. The second-order valence-electron chi connectivity index (χ2n) is 8.02. The number of piperidine rings is 1. The number of fused-ring (bicyclic) bond motifs is 1. The van der Waals surface area contributed by atoms with Crippen LogP contribution in [0.2, 0.25) is 0 Å². The third-order valence-corrected chi connectivity index (χ3v) is 6.78. The minimum Gasteiger partial charge on any atom is -0.488 e. The van der Waals surface area contributed by atoms with Crippen LogP contribution in [0.15, 0.2) is 47.4 Å². The number of rotatable bonds is 5. The molecule has 1 atom stereocenters. The molecule has 0 spiro atoms. The number of carbonyl (C=O) groups excluding carboxylic acids is 2. The molecule has 2 aliphatic heterocycles. The zero-order valence-electron chi connectivity index (χ0n) is 17.5. The van der Waals surface area contributed by atoms with E-state index in [0.29, 0.717) is 19.6 Å². The van der Waals surface area contributed by atoms with Gasteiger partial charge < -0.3 is 15.0 Å². The fraction of sp³-hybridized carbons (Fsp3) is 0.417. The number of nitrogens with one attached hydrogen (secondary N) is 1. The maximum absolute atomic E-state index is 12.5. The van der Waals surface area contributed by atoms with E-state index >= 15 is 0 Å². The fourth-order valence-corrected chi connectivity index (χ4v) is 4.62. The van der Waals surface area contributed by atoms with Gasteiger partial charge >= 0.3 is 0 Å². The normalized spacial score (nSPS) is 18.6. The van der Waals surface area contributed by atoms with Crippen molar-refractivity contribution >= 4 is 23.6 Å². The van der Waals surface area contributed by atoms with Crippen molar-refractivity contribution in [3.05, 3.63) is 48.0 Å². The second kappa shape index (κ2) is 9.13. The third-order valence-electron chi connectivity index (χ3n) is 6.04. The average molecular weight is 425 g/mol. The topological polar surface area (TPSA) is 58.6 Å². The highest BCUT2D eigenvalue weighted by molar-refractivity contribution is 7.98. The first-order chi connectivity index (χ1) is 14.5. The summed E-state index contributed by atoms with van der Waals surface area (Å²) in [6.45, 7) is 3.43. The van der Waals surface area contributed by atoms with E-state index in [4.69, 9.17) is 4.74 Å². The van der Waals surface area contributed by atoms with E-state index in [-0.39, 0.29) is 23.8 Å². The lowest BCUT2D eigenvalue weighted by molar-refractivity contribution is -0.134. The number of hydrogen-bond donors (Lipinski definition) is 1. The van der Waals surface area contributed by atoms with Gasteiger partial charge in [0, 0.05) is 37.2 Å². The number of hydrogen-bond acceptors (Lipinski definition) is 4. The van der Waals surface area contributed by atoms with Crippen LogP contribution in [-0.2, 0) is 16.0 Å². The van der Waals surface area contributed by atoms with Crippen LogP contribution in [0.25, 0.3) is 11.1 Å². The lowest BCUT2D eigenvalue weighted by Crippen LogP contribution is -2.44. The Kier molecular flexibility index (Phi) is 6.32. The number of amides is 2. The summed E-state index contributed by atoms with van der Waals surface area (Å²) < 4.78 is 6.05. The molecule has 0 aliphatic carbocycles. The molecule has 4 rings (SSSR count). The van der Waals surface area contributed by atoms with E-state index in [1.54, 1.807) is 18.7 Å². The molecule has 2 amide bonds. The summed E-state index contributed by atoms with van der Waals surface area (Å²) in [4.78, 5) is 27.0. The van der Waals surface area contributed by atoms with Gasteiger partial charge in [-0.1, -0.05) is 18.2 Å². The standard InChI is InChI=1S/C24H28N2O3S/c1-16(27)26-11-9-18(10-12-26)24(28)25-15-21-14-20-13-19(5-8-23(20)29-21)17-3-6-22(30-2)7-4-17/h3-8,13,18,21H,9-12,14-15H2,1-2H3,(H,25,28). The summed E-state index contributed by atoms with van der Waals surface area (Å²) in [5, 5.41) is 3.06. The van der Waals surface area contributed by atoms with E-state index < -0.39 is 0 Å². The molecule has 0 radical (unpaired) electrons. The molecule has 2 aliphatic rings. The zero-order chi connectivity index (χ0) is 21.1. The number of likely N-dealkylation sites (tertiary alicyclic amines) is 1. The highest BCUT2D eigenvalue weighted by atomic mass is 32.2. The monoisotopic (exact) mass is 424 g/mol. The fourth-order valence-electron chi connectivity index (χ4n) is 4.21. The van der Waals surface area contributed by atoms with Gasteiger partial charge in [0.1, 0.15) is 11.9 Å². The van der Waals surface area contributed by atoms with Crippen molar-refractivity contribution in [2.45, 2.75) is 37.2 Å². The first kappa shape index (κ1) is 20.8. The van der Waals surface area contributed by atoms with Gasteiger partial charge in [-0.3, -0.25) is 9.59 Å². The molecule has 158 valence electrons. The molecule has 1 fully saturated rings. The van der Waals surface area contributed by atoms with E-state index in [0.717, 1.165) is 25.0 Å².